The van der Waals surface area contributed by atoms with Gasteiger partial charge >= 0.3 is 0 Å². The van der Waals surface area contributed by atoms with E-state index in [-0.39, 0.29) is 28.7 Å². The third-order valence-electron chi connectivity index (χ3n) is 6.58. The van der Waals surface area contributed by atoms with E-state index >= 15 is 0 Å². The quantitative estimate of drug-likeness (QED) is 0.511. The fourth-order valence-corrected chi connectivity index (χ4v) is 5.61. The topological polar surface area (TPSA) is 112 Å². The Morgan fingerprint density at radius 1 is 1.18 bits per heavy atom. The minimum atomic E-state index is -3.72. The summed E-state index contributed by atoms with van der Waals surface area (Å²) in [5.74, 6) is 0.261. The van der Waals surface area contributed by atoms with Crippen molar-refractivity contribution in [1.29, 1.82) is 0 Å². The molecule has 8 nitrogen and oxygen atoms in total. The summed E-state index contributed by atoms with van der Waals surface area (Å²) in [5, 5.41) is 9.30. The van der Waals surface area contributed by atoms with Crippen molar-refractivity contribution in [2.24, 2.45) is 5.41 Å². The van der Waals surface area contributed by atoms with E-state index in [0.29, 0.717) is 43.7 Å². The van der Waals surface area contributed by atoms with Crippen molar-refractivity contribution in [2.45, 2.75) is 56.5 Å². The van der Waals surface area contributed by atoms with Crippen molar-refractivity contribution >= 4 is 27.4 Å². The molecule has 10 heteroatoms. The molecule has 33 heavy (non-hydrogen) atoms. The normalized spacial score (nSPS) is 23.5. The van der Waals surface area contributed by atoms with Crippen LogP contribution < -0.4 is 20.7 Å². The smallest absolute Gasteiger partial charge is 0.242 e. The summed E-state index contributed by atoms with van der Waals surface area (Å²) in [5.41, 5.74) is 0.921. The van der Waals surface area contributed by atoms with Gasteiger partial charge in [0.25, 0.3) is 0 Å². The second kappa shape index (κ2) is 9.26. The number of carbonyl (C=O) groups excluding carboxylic acids is 1. The molecular weight excluding hydrogens is 445 g/mol. The number of benzene rings is 1. The Hall–Kier alpha value is -2.72. The van der Waals surface area contributed by atoms with Crippen LogP contribution in [0, 0.1) is 11.2 Å². The average molecular weight is 476 g/mol. The van der Waals surface area contributed by atoms with Gasteiger partial charge in [-0.25, -0.2) is 22.5 Å². The summed E-state index contributed by atoms with van der Waals surface area (Å²) in [6.45, 7) is 5.22. The molecule has 1 atom stereocenters. The number of amides is 1. The molecule has 4 N–H and O–H groups in total. The van der Waals surface area contributed by atoms with Gasteiger partial charge < -0.3 is 16.0 Å². The molecule has 0 spiro atoms. The first-order valence-corrected chi connectivity index (χ1v) is 12.7. The van der Waals surface area contributed by atoms with E-state index in [4.69, 9.17) is 0 Å². The standard InChI is InChI=1S/C23H30FN5O3S/c1-15(16-3-5-17(24)6-4-16)28-22(30)23(2)9-7-18(8-10-23)29-33(31,32)19-13-20-21(27-14-19)26-12-11-25-20/h3-6,13-15,18,25,29H,7-12H2,1-2H3,(H,26,27)(H,28,30)/t15-,18?,23?/m1/s1. The highest BCUT2D eigenvalue weighted by Crippen LogP contribution is 2.37. The molecule has 2 aromatic rings. The SMILES string of the molecule is C[C@@H](NC(=O)C1(C)CCC(NS(=O)(=O)c2cnc3c(c2)NCCN3)CC1)c1ccc(F)cc1. The number of fused-ring (bicyclic) bond motifs is 1. The number of rotatable bonds is 6. The molecule has 178 valence electrons. The Bertz CT molecular complexity index is 1120. The second-order valence-electron chi connectivity index (χ2n) is 9.12. The largest absolute Gasteiger partial charge is 0.380 e. The molecule has 1 aromatic heterocycles. The first kappa shape index (κ1) is 23.4. The molecule has 1 amide bonds. The fourth-order valence-electron chi connectivity index (χ4n) is 4.34. The van der Waals surface area contributed by atoms with Gasteiger partial charge in [0.1, 0.15) is 16.5 Å². The van der Waals surface area contributed by atoms with Crippen molar-refractivity contribution in [2.75, 3.05) is 23.7 Å². The minimum absolute atomic E-state index is 0.0712. The number of nitrogens with one attached hydrogen (secondary N) is 4. The monoisotopic (exact) mass is 475 g/mol. The zero-order valence-electron chi connectivity index (χ0n) is 18.8. The van der Waals surface area contributed by atoms with Crippen LogP contribution in [-0.2, 0) is 14.8 Å². The third kappa shape index (κ3) is 5.27. The van der Waals surface area contributed by atoms with Crippen molar-refractivity contribution < 1.29 is 17.6 Å². The maximum Gasteiger partial charge on any atom is 0.242 e. The summed E-state index contributed by atoms with van der Waals surface area (Å²) >= 11 is 0. The number of carbonyl (C=O) groups is 1. The van der Waals surface area contributed by atoms with Crippen LogP contribution in [-0.4, -0.2) is 38.4 Å². The average Bonchev–Trinajstić information content (AvgIpc) is 2.80. The predicted molar refractivity (Wildman–Crippen MR) is 125 cm³/mol. The van der Waals surface area contributed by atoms with Crippen LogP contribution in [0.4, 0.5) is 15.9 Å². The van der Waals surface area contributed by atoms with Gasteiger partial charge in [0.05, 0.1) is 11.7 Å². The zero-order chi connectivity index (χ0) is 23.6. The molecular formula is C23H30FN5O3S. The van der Waals surface area contributed by atoms with Crippen LogP contribution in [0.2, 0.25) is 0 Å². The first-order valence-electron chi connectivity index (χ1n) is 11.2. The highest BCUT2D eigenvalue weighted by atomic mass is 32.2. The Kier molecular flexibility index (Phi) is 6.58. The van der Waals surface area contributed by atoms with Crippen LogP contribution >= 0.6 is 0 Å². The zero-order valence-corrected chi connectivity index (χ0v) is 19.6. The van der Waals surface area contributed by atoms with E-state index in [9.17, 15) is 17.6 Å². The number of halogens is 1. The van der Waals surface area contributed by atoms with E-state index in [2.05, 4.69) is 25.7 Å². The molecule has 1 saturated carbocycles. The molecule has 1 aliphatic carbocycles. The summed E-state index contributed by atoms with van der Waals surface area (Å²) in [6.07, 6.45) is 3.61. The molecule has 0 saturated heterocycles. The fraction of sp³-hybridized carbons (Fsp3) is 0.478. The van der Waals surface area contributed by atoms with Crippen molar-refractivity contribution in [1.82, 2.24) is 15.0 Å². The summed E-state index contributed by atoms with van der Waals surface area (Å²) < 4.78 is 41.7. The summed E-state index contributed by atoms with van der Waals surface area (Å²) in [7, 11) is -3.72. The van der Waals surface area contributed by atoms with Crippen molar-refractivity contribution in [3.05, 3.63) is 47.9 Å². The van der Waals surface area contributed by atoms with E-state index in [1.165, 1.54) is 18.3 Å². The highest BCUT2D eigenvalue weighted by Gasteiger charge is 2.39. The molecule has 0 radical (unpaired) electrons. The van der Waals surface area contributed by atoms with E-state index in [0.717, 1.165) is 12.1 Å². The molecule has 2 heterocycles. The number of sulfonamides is 1. The lowest BCUT2D eigenvalue weighted by molar-refractivity contribution is -0.132. The van der Waals surface area contributed by atoms with Crippen LogP contribution in [0.25, 0.3) is 0 Å². The Labute approximate surface area is 193 Å². The van der Waals surface area contributed by atoms with E-state index in [1.807, 2.05) is 13.8 Å². The van der Waals surface area contributed by atoms with Gasteiger partial charge in [-0.2, -0.15) is 0 Å². The van der Waals surface area contributed by atoms with Gasteiger partial charge in [-0.3, -0.25) is 4.79 Å². The number of nitrogens with zero attached hydrogens (tertiary/aromatic N) is 1. The van der Waals surface area contributed by atoms with Crippen LogP contribution in [0.3, 0.4) is 0 Å². The van der Waals surface area contributed by atoms with Gasteiger partial charge in [-0.05, 0) is 56.4 Å². The minimum Gasteiger partial charge on any atom is -0.380 e. The Morgan fingerprint density at radius 3 is 2.55 bits per heavy atom. The molecule has 1 aromatic carbocycles. The Balaban J connectivity index is 1.34. The molecule has 0 bridgehead atoms. The lowest BCUT2D eigenvalue weighted by Crippen LogP contribution is -2.46. The first-order chi connectivity index (χ1) is 15.7. The maximum atomic E-state index is 13.2. The number of anilines is 2. The number of hydrogen-bond acceptors (Lipinski definition) is 6. The maximum absolute atomic E-state index is 13.2. The van der Waals surface area contributed by atoms with Gasteiger partial charge in [0, 0.05) is 30.7 Å². The van der Waals surface area contributed by atoms with Crippen LogP contribution in [0.15, 0.2) is 41.4 Å². The lowest BCUT2D eigenvalue weighted by Gasteiger charge is -2.37. The van der Waals surface area contributed by atoms with Gasteiger partial charge in [-0.1, -0.05) is 19.1 Å². The number of pyridine rings is 1. The summed E-state index contributed by atoms with van der Waals surface area (Å²) in [6, 6.07) is 7.18. The summed E-state index contributed by atoms with van der Waals surface area (Å²) in [4.78, 5) is 17.3. The molecule has 2 aliphatic rings. The molecule has 4 rings (SSSR count). The second-order valence-corrected chi connectivity index (χ2v) is 10.8. The number of hydrogen-bond donors (Lipinski definition) is 4. The van der Waals surface area contributed by atoms with Crippen molar-refractivity contribution in [3.63, 3.8) is 0 Å². The van der Waals surface area contributed by atoms with Crippen molar-refractivity contribution in [3.8, 4) is 0 Å². The van der Waals surface area contributed by atoms with Gasteiger partial charge in [0.2, 0.25) is 15.9 Å². The predicted octanol–water partition coefficient (Wildman–Crippen LogP) is 3.16. The van der Waals surface area contributed by atoms with Gasteiger partial charge in [0.15, 0.2) is 0 Å². The third-order valence-corrected chi connectivity index (χ3v) is 8.07. The van der Waals surface area contributed by atoms with Crippen LogP contribution in [0.5, 0.6) is 0 Å². The Morgan fingerprint density at radius 2 is 1.85 bits per heavy atom. The van der Waals surface area contributed by atoms with Crippen LogP contribution in [0.1, 0.15) is 51.1 Å². The van der Waals surface area contributed by atoms with E-state index in [1.54, 1.807) is 18.2 Å². The van der Waals surface area contributed by atoms with E-state index < -0.39 is 15.4 Å². The molecule has 1 aliphatic heterocycles. The van der Waals surface area contributed by atoms with Gasteiger partial charge in [-0.15, -0.1) is 0 Å². The highest BCUT2D eigenvalue weighted by molar-refractivity contribution is 7.89. The lowest BCUT2D eigenvalue weighted by atomic mass is 9.73. The molecule has 0 unspecified atom stereocenters. The molecule has 1 fully saturated rings. The number of aromatic nitrogens is 1.